The van der Waals surface area contributed by atoms with E-state index in [2.05, 4.69) is 11.4 Å². The number of carbonyl (C=O) groups is 1. The number of hydrogen-bond acceptors (Lipinski definition) is 5. The molecular formula is C12H23N3O3. The highest BCUT2D eigenvalue weighted by Crippen LogP contribution is 2.01. The molecule has 0 bridgehead atoms. The normalized spacial score (nSPS) is 12.2. The Balaban J connectivity index is 4.20. The van der Waals surface area contributed by atoms with Gasteiger partial charge in [0.2, 0.25) is 5.91 Å². The molecule has 1 amide bonds. The van der Waals surface area contributed by atoms with Gasteiger partial charge in [-0.15, -0.1) is 0 Å². The molecule has 104 valence electrons. The van der Waals surface area contributed by atoms with Crippen molar-refractivity contribution in [3.8, 4) is 6.07 Å². The molecule has 0 aliphatic rings. The summed E-state index contributed by atoms with van der Waals surface area (Å²) in [6.45, 7) is 4.57. The maximum atomic E-state index is 11.9. The first-order chi connectivity index (χ1) is 8.67. The summed E-state index contributed by atoms with van der Waals surface area (Å²) in [4.78, 5) is 13.8. The van der Waals surface area contributed by atoms with E-state index in [1.807, 2.05) is 11.8 Å². The zero-order valence-corrected chi connectivity index (χ0v) is 11.4. The van der Waals surface area contributed by atoms with Crippen molar-refractivity contribution in [2.45, 2.75) is 19.4 Å². The van der Waals surface area contributed by atoms with Crippen molar-refractivity contribution in [1.82, 2.24) is 10.2 Å². The molecule has 0 rings (SSSR count). The van der Waals surface area contributed by atoms with Gasteiger partial charge in [0, 0.05) is 40.3 Å². The maximum Gasteiger partial charge on any atom is 0.237 e. The second kappa shape index (κ2) is 11.0. The minimum absolute atomic E-state index is 0.0545. The lowest BCUT2D eigenvalue weighted by Gasteiger charge is -2.27. The number of nitriles is 1. The fourth-order valence-corrected chi connectivity index (χ4v) is 1.49. The Bertz CT molecular complexity index is 266. The summed E-state index contributed by atoms with van der Waals surface area (Å²) in [7, 11) is 3.21. The average molecular weight is 257 g/mol. The molecule has 0 aromatic heterocycles. The van der Waals surface area contributed by atoms with Crippen molar-refractivity contribution < 1.29 is 14.3 Å². The van der Waals surface area contributed by atoms with Crippen molar-refractivity contribution >= 4 is 5.91 Å². The van der Waals surface area contributed by atoms with Crippen LogP contribution in [0.5, 0.6) is 0 Å². The number of ether oxygens (including phenoxy) is 2. The third-order valence-electron chi connectivity index (χ3n) is 2.63. The molecular weight excluding hydrogens is 234 g/mol. The van der Waals surface area contributed by atoms with E-state index in [0.717, 1.165) is 0 Å². The van der Waals surface area contributed by atoms with Crippen LogP contribution >= 0.6 is 0 Å². The van der Waals surface area contributed by atoms with Gasteiger partial charge in [0.15, 0.2) is 0 Å². The third kappa shape index (κ3) is 7.22. The van der Waals surface area contributed by atoms with Gasteiger partial charge in [-0.3, -0.25) is 9.69 Å². The number of hydrogen-bond donors (Lipinski definition) is 1. The molecule has 18 heavy (non-hydrogen) atoms. The van der Waals surface area contributed by atoms with Crippen molar-refractivity contribution in [3.63, 3.8) is 0 Å². The highest BCUT2D eigenvalue weighted by molar-refractivity contribution is 5.81. The molecule has 0 aromatic carbocycles. The molecule has 0 radical (unpaired) electrons. The van der Waals surface area contributed by atoms with Crippen LogP contribution in [0, 0.1) is 11.3 Å². The van der Waals surface area contributed by atoms with Gasteiger partial charge >= 0.3 is 0 Å². The first-order valence-corrected chi connectivity index (χ1v) is 6.04. The second-order valence-electron chi connectivity index (χ2n) is 3.90. The molecule has 0 fully saturated rings. The summed E-state index contributed by atoms with van der Waals surface area (Å²) in [5.74, 6) is -0.0545. The quantitative estimate of drug-likeness (QED) is 0.558. The second-order valence-corrected chi connectivity index (χ2v) is 3.90. The first kappa shape index (κ1) is 16.8. The summed E-state index contributed by atoms with van der Waals surface area (Å²) in [5.41, 5.74) is 0. The molecule has 0 aromatic rings. The van der Waals surface area contributed by atoms with Gasteiger partial charge in [0.05, 0.1) is 25.3 Å². The number of amides is 1. The van der Waals surface area contributed by atoms with Crippen LogP contribution in [0.2, 0.25) is 0 Å². The highest BCUT2D eigenvalue weighted by atomic mass is 16.5. The molecule has 1 atom stereocenters. The summed E-state index contributed by atoms with van der Waals surface area (Å²) < 4.78 is 9.88. The first-order valence-electron chi connectivity index (χ1n) is 6.04. The predicted molar refractivity (Wildman–Crippen MR) is 68.0 cm³/mol. The van der Waals surface area contributed by atoms with Gasteiger partial charge in [-0.2, -0.15) is 5.26 Å². The van der Waals surface area contributed by atoms with E-state index >= 15 is 0 Å². The Kier molecular flexibility index (Phi) is 10.3. The zero-order chi connectivity index (χ0) is 13.8. The van der Waals surface area contributed by atoms with Crippen LogP contribution in [0.25, 0.3) is 0 Å². The Hall–Kier alpha value is -1.16. The molecule has 0 saturated carbocycles. The van der Waals surface area contributed by atoms with Crippen LogP contribution < -0.4 is 5.32 Å². The van der Waals surface area contributed by atoms with Crippen LogP contribution in [0.1, 0.15) is 13.3 Å². The maximum absolute atomic E-state index is 11.9. The van der Waals surface area contributed by atoms with Crippen molar-refractivity contribution in [1.29, 1.82) is 5.26 Å². The number of carbonyl (C=O) groups excluding carboxylic acids is 1. The van der Waals surface area contributed by atoms with Crippen molar-refractivity contribution in [2.75, 3.05) is 47.1 Å². The van der Waals surface area contributed by atoms with Gasteiger partial charge in [-0.25, -0.2) is 0 Å². The van der Waals surface area contributed by atoms with E-state index in [1.165, 1.54) is 0 Å². The molecule has 0 aliphatic heterocycles. The average Bonchev–Trinajstić information content (AvgIpc) is 2.38. The fourth-order valence-electron chi connectivity index (χ4n) is 1.49. The molecule has 6 nitrogen and oxygen atoms in total. The molecule has 6 heteroatoms. The standard InChI is InChI=1S/C12H23N3O3/c1-11(12(16)14-6-9-17-2)15(7-4-5-13)8-10-18-3/h11H,4,6-10H2,1-3H3,(H,14,16). The van der Waals surface area contributed by atoms with E-state index in [4.69, 9.17) is 14.7 Å². The predicted octanol–water partition coefficient (Wildman–Crippen LogP) is -0.000420. The van der Waals surface area contributed by atoms with Crippen molar-refractivity contribution in [3.05, 3.63) is 0 Å². The van der Waals surface area contributed by atoms with Crippen LogP contribution in [0.15, 0.2) is 0 Å². The lowest BCUT2D eigenvalue weighted by molar-refractivity contribution is -0.126. The zero-order valence-electron chi connectivity index (χ0n) is 11.4. The van der Waals surface area contributed by atoms with Crippen LogP contribution in [-0.4, -0.2) is 63.9 Å². The van der Waals surface area contributed by atoms with Crippen LogP contribution in [-0.2, 0) is 14.3 Å². The van der Waals surface area contributed by atoms with Crippen LogP contribution in [0.4, 0.5) is 0 Å². The summed E-state index contributed by atoms with van der Waals surface area (Å²) in [5, 5.41) is 11.4. The number of nitrogens with zero attached hydrogens (tertiary/aromatic N) is 2. The summed E-state index contributed by atoms with van der Waals surface area (Å²) >= 11 is 0. The Morgan fingerprint density at radius 3 is 2.56 bits per heavy atom. The molecule has 1 N–H and O–H groups in total. The third-order valence-corrected chi connectivity index (χ3v) is 2.63. The number of nitrogens with one attached hydrogen (secondary N) is 1. The van der Waals surface area contributed by atoms with E-state index in [-0.39, 0.29) is 11.9 Å². The molecule has 1 unspecified atom stereocenters. The largest absolute Gasteiger partial charge is 0.383 e. The summed E-state index contributed by atoms with van der Waals surface area (Å²) in [6.07, 6.45) is 0.402. The topological polar surface area (TPSA) is 74.6 Å². The van der Waals surface area contributed by atoms with E-state index in [0.29, 0.717) is 39.3 Å². The Morgan fingerprint density at radius 1 is 1.33 bits per heavy atom. The molecule has 0 aliphatic carbocycles. The number of methoxy groups -OCH3 is 2. The smallest absolute Gasteiger partial charge is 0.237 e. The Labute approximate surface area is 109 Å². The monoisotopic (exact) mass is 257 g/mol. The van der Waals surface area contributed by atoms with Gasteiger partial charge < -0.3 is 14.8 Å². The fraction of sp³-hybridized carbons (Fsp3) is 0.833. The molecule has 0 heterocycles. The van der Waals surface area contributed by atoms with Crippen molar-refractivity contribution in [2.24, 2.45) is 0 Å². The Morgan fingerprint density at radius 2 is 2.00 bits per heavy atom. The van der Waals surface area contributed by atoms with Crippen LogP contribution in [0.3, 0.4) is 0 Å². The van der Waals surface area contributed by atoms with Gasteiger partial charge in [0.1, 0.15) is 0 Å². The van der Waals surface area contributed by atoms with Gasteiger partial charge in [0.25, 0.3) is 0 Å². The van der Waals surface area contributed by atoms with E-state index in [9.17, 15) is 4.79 Å². The minimum Gasteiger partial charge on any atom is -0.383 e. The molecule has 0 saturated heterocycles. The highest BCUT2D eigenvalue weighted by Gasteiger charge is 2.20. The SMILES string of the molecule is COCCNC(=O)C(C)N(CCC#N)CCOC. The van der Waals surface area contributed by atoms with E-state index in [1.54, 1.807) is 14.2 Å². The minimum atomic E-state index is -0.273. The van der Waals surface area contributed by atoms with Gasteiger partial charge in [-0.05, 0) is 6.92 Å². The number of rotatable bonds is 10. The summed E-state index contributed by atoms with van der Waals surface area (Å²) in [6, 6.07) is 1.81. The van der Waals surface area contributed by atoms with Gasteiger partial charge in [-0.1, -0.05) is 0 Å². The van der Waals surface area contributed by atoms with E-state index < -0.39 is 0 Å². The lowest BCUT2D eigenvalue weighted by atomic mass is 10.2. The molecule has 0 spiro atoms. The lowest BCUT2D eigenvalue weighted by Crippen LogP contribution is -2.47.